The number of aromatic nitrogens is 1. The Morgan fingerprint density at radius 1 is 1.28 bits per heavy atom. The maximum Gasteiger partial charge on any atom is 0.262 e. The normalized spacial score (nSPS) is 13.6. The summed E-state index contributed by atoms with van der Waals surface area (Å²) in [6.45, 7) is 0.319. The average Bonchev–Trinajstić information content (AvgIpc) is 2.67. The molecule has 0 unspecified atom stereocenters. The van der Waals surface area contributed by atoms with Gasteiger partial charge in [0.05, 0.1) is 0 Å². The van der Waals surface area contributed by atoms with E-state index in [4.69, 9.17) is 0 Å². The molecule has 0 atom stereocenters. The van der Waals surface area contributed by atoms with Crippen LogP contribution in [0.25, 0.3) is 6.08 Å². The molecule has 1 heterocycles. The second-order valence-electron chi connectivity index (χ2n) is 6.05. The molecule has 2 N–H and O–H groups in total. The molecule has 25 heavy (non-hydrogen) atoms. The van der Waals surface area contributed by atoms with Crippen LogP contribution >= 0.6 is 0 Å². The summed E-state index contributed by atoms with van der Waals surface area (Å²) in [7, 11) is 0. The molecule has 3 rings (SSSR count). The van der Waals surface area contributed by atoms with Crippen molar-refractivity contribution in [1.82, 2.24) is 10.3 Å². The third kappa shape index (κ3) is 3.86. The summed E-state index contributed by atoms with van der Waals surface area (Å²) < 4.78 is 0. The van der Waals surface area contributed by atoms with Crippen LogP contribution in [0.5, 0.6) is 5.75 Å². The minimum atomic E-state index is -0.413. The summed E-state index contributed by atoms with van der Waals surface area (Å²) in [5, 5.41) is 22.1. The SMILES string of the molecule is N#C/C(=C\c1ccc(O)c2c1CCCC2)C(=O)NCc1cccnc1. The van der Waals surface area contributed by atoms with Gasteiger partial charge in [0, 0.05) is 18.9 Å². The van der Waals surface area contributed by atoms with E-state index in [1.807, 2.05) is 12.1 Å². The summed E-state index contributed by atoms with van der Waals surface area (Å²) in [5.74, 6) is -0.115. The number of phenolic OH excluding ortho intramolecular Hbond substituents is 1. The Bertz CT molecular complexity index is 851. The first-order valence-electron chi connectivity index (χ1n) is 8.31. The highest BCUT2D eigenvalue weighted by molar-refractivity contribution is 6.01. The van der Waals surface area contributed by atoms with E-state index < -0.39 is 5.91 Å². The van der Waals surface area contributed by atoms with E-state index >= 15 is 0 Å². The van der Waals surface area contributed by atoms with E-state index in [2.05, 4.69) is 10.3 Å². The molecule has 0 spiro atoms. The second-order valence-corrected chi connectivity index (χ2v) is 6.05. The van der Waals surface area contributed by atoms with E-state index in [0.717, 1.165) is 47.9 Å². The third-order valence-corrected chi connectivity index (χ3v) is 4.39. The van der Waals surface area contributed by atoms with Crippen LogP contribution in [0.4, 0.5) is 0 Å². The minimum Gasteiger partial charge on any atom is -0.508 e. The van der Waals surface area contributed by atoms with Gasteiger partial charge in [0.15, 0.2) is 0 Å². The molecular formula is C20H19N3O2. The fourth-order valence-electron chi connectivity index (χ4n) is 3.10. The van der Waals surface area contributed by atoms with Crippen LogP contribution in [-0.2, 0) is 24.2 Å². The van der Waals surface area contributed by atoms with Gasteiger partial charge in [-0.3, -0.25) is 9.78 Å². The van der Waals surface area contributed by atoms with Gasteiger partial charge in [-0.05, 0) is 66.1 Å². The second kappa shape index (κ2) is 7.63. The highest BCUT2D eigenvalue weighted by Gasteiger charge is 2.17. The molecule has 1 aliphatic carbocycles. The molecule has 126 valence electrons. The van der Waals surface area contributed by atoms with E-state index in [1.165, 1.54) is 0 Å². The first-order valence-corrected chi connectivity index (χ1v) is 8.31. The van der Waals surface area contributed by atoms with Gasteiger partial charge < -0.3 is 10.4 Å². The zero-order valence-corrected chi connectivity index (χ0v) is 13.8. The van der Waals surface area contributed by atoms with E-state index in [0.29, 0.717) is 12.3 Å². The van der Waals surface area contributed by atoms with Crippen molar-refractivity contribution in [1.29, 1.82) is 5.26 Å². The Morgan fingerprint density at radius 2 is 2.08 bits per heavy atom. The van der Waals surface area contributed by atoms with Crippen LogP contribution in [0.2, 0.25) is 0 Å². The molecule has 1 amide bonds. The van der Waals surface area contributed by atoms with Gasteiger partial charge >= 0.3 is 0 Å². The van der Waals surface area contributed by atoms with E-state index in [9.17, 15) is 15.2 Å². The predicted molar refractivity (Wildman–Crippen MR) is 94.4 cm³/mol. The van der Waals surface area contributed by atoms with Crippen LogP contribution in [0.3, 0.4) is 0 Å². The summed E-state index contributed by atoms with van der Waals surface area (Å²) in [5.41, 5.74) is 3.74. The van der Waals surface area contributed by atoms with Crippen molar-refractivity contribution in [2.75, 3.05) is 0 Å². The van der Waals surface area contributed by atoms with Crippen molar-refractivity contribution in [3.05, 3.63) is 64.5 Å². The summed E-state index contributed by atoms with van der Waals surface area (Å²) in [6.07, 6.45) is 8.73. The molecule has 1 aromatic heterocycles. The number of hydrogen-bond acceptors (Lipinski definition) is 4. The lowest BCUT2D eigenvalue weighted by molar-refractivity contribution is -0.117. The topological polar surface area (TPSA) is 86.0 Å². The number of nitrogens with one attached hydrogen (secondary N) is 1. The molecule has 1 aromatic carbocycles. The number of rotatable bonds is 4. The number of pyridine rings is 1. The van der Waals surface area contributed by atoms with Crippen molar-refractivity contribution < 1.29 is 9.90 Å². The molecule has 1 aliphatic rings. The van der Waals surface area contributed by atoms with E-state index in [-0.39, 0.29) is 5.57 Å². The number of aromatic hydroxyl groups is 1. The fraction of sp³-hybridized carbons (Fsp3) is 0.250. The molecule has 2 aromatic rings. The number of hydrogen-bond donors (Lipinski definition) is 2. The number of amides is 1. The Morgan fingerprint density at radius 3 is 2.80 bits per heavy atom. The summed E-state index contributed by atoms with van der Waals surface area (Å²) in [4.78, 5) is 16.3. The van der Waals surface area contributed by atoms with Crippen LogP contribution in [0.1, 0.15) is 35.1 Å². The average molecular weight is 333 g/mol. The zero-order chi connectivity index (χ0) is 17.6. The van der Waals surface area contributed by atoms with Gasteiger partial charge in [0.2, 0.25) is 0 Å². The van der Waals surface area contributed by atoms with Crippen LogP contribution < -0.4 is 5.32 Å². The largest absolute Gasteiger partial charge is 0.508 e. The van der Waals surface area contributed by atoms with Crippen molar-refractivity contribution in [3.8, 4) is 11.8 Å². The Balaban J connectivity index is 1.81. The highest BCUT2D eigenvalue weighted by atomic mass is 16.3. The van der Waals surface area contributed by atoms with Crippen molar-refractivity contribution in [2.45, 2.75) is 32.2 Å². The quantitative estimate of drug-likeness (QED) is 0.665. The number of nitrogens with zero attached hydrogens (tertiary/aromatic N) is 2. The standard InChI is InChI=1S/C20H19N3O2/c21-11-16(20(25)23-13-14-4-3-9-22-12-14)10-15-7-8-19(24)18-6-2-1-5-17(15)18/h3-4,7-10,12,24H,1-2,5-6,13H2,(H,23,25)/b16-10+. The van der Waals surface area contributed by atoms with E-state index in [1.54, 1.807) is 36.7 Å². The van der Waals surface area contributed by atoms with Gasteiger partial charge in [-0.2, -0.15) is 5.26 Å². The number of carbonyl (C=O) groups excluding carboxylic acids is 1. The maximum absolute atomic E-state index is 12.3. The number of phenols is 1. The summed E-state index contributed by atoms with van der Waals surface area (Å²) >= 11 is 0. The molecule has 5 heteroatoms. The monoisotopic (exact) mass is 333 g/mol. The Labute approximate surface area is 146 Å². The maximum atomic E-state index is 12.3. The van der Waals surface area contributed by atoms with Gasteiger partial charge in [0.25, 0.3) is 5.91 Å². The molecule has 0 saturated carbocycles. The smallest absolute Gasteiger partial charge is 0.262 e. The van der Waals surface area contributed by atoms with Crippen molar-refractivity contribution in [2.24, 2.45) is 0 Å². The predicted octanol–water partition coefficient (Wildman–Crippen LogP) is 2.89. The molecular weight excluding hydrogens is 314 g/mol. The fourth-order valence-corrected chi connectivity index (χ4v) is 3.10. The number of fused-ring (bicyclic) bond motifs is 1. The van der Waals surface area contributed by atoms with Crippen LogP contribution in [0.15, 0.2) is 42.2 Å². The van der Waals surface area contributed by atoms with Crippen molar-refractivity contribution in [3.63, 3.8) is 0 Å². The van der Waals surface area contributed by atoms with Crippen LogP contribution in [0, 0.1) is 11.3 Å². The lowest BCUT2D eigenvalue weighted by atomic mass is 9.87. The number of nitriles is 1. The van der Waals surface area contributed by atoms with Crippen LogP contribution in [-0.4, -0.2) is 16.0 Å². The molecule has 0 radical (unpaired) electrons. The lowest BCUT2D eigenvalue weighted by Crippen LogP contribution is -2.24. The number of carbonyl (C=O) groups is 1. The third-order valence-electron chi connectivity index (χ3n) is 4.39. The lowest BCUT2D eigenvalue weighted by Gasteiger charge is -2.19. The molecule has 0 bridgehead atoms. The van der Waals surface area contributed by atoms with Crippen molar-refractivity contribution >= 4 is 12.0 Å². The first-order chi connectivity index (χ1) is 12.2. The van der Waals surface area contributed by atoms with Gasteiger partial charge in [-0.25, -0.2) is 0 Å². The minimum absolute atomic E-state index is 0.0577. The zero-order valence-electron chi connectivity index (χ0n) is 13.8. The molecule has 0 aliphatic heterocycles. The summed E-state index contributed by atoms with van der Waals surface area (Å²) in [6, 6.07) is 9.04. The molecule has 0 saturated heterocycles. The first kappa shape index (κ1) is 16.7. The van der Waals surface area contributed by atoms with Gasteiger partial charge in [-0.15, -0.1) is 0 Å². The Hall–Kier alpha value is -3.13. The highest BCUT2D eigenvalue weighted by Crippen LogP contribution is 2.32. The molecule has 0 fully saturated rings. The van der Waals surface area contributed by atoms with Gasteiger partial charge in [0.1, 0.15) is 17.4 Å². The Kier molecular flexibility index (Phi) is 5.10. The molecule has 5 nitrogen and oxygen atoms in total. The van der Waals surface area contributed by atoms with Gasteiger partial charge in [-0.1, -0.05) is 12.1 Å². The number of benzene rings is 1.